The number of nitrogens with one attached hydrogen (secondary N) is 2. The minimum Gasteiger partial charge on any atom is -0.496 e. The fourth-order valence-corrected chi connectivity index (χ4v) is 3.64. The lowest BCUT2D eigenvalue weighted by Crippen LogP contribution is -2.41. The third-order valence-electron chi connectivity index (χ3n) is 5.64. The number of hydrogen-bond donors (Lipinski definition) is 2. The van der Waals surface area contributed by atoms with Crippen molar-refractivity contribution in [3.05, 3.63) is 71.6 Å². The van der Waals surface area contributed by atoms with Crippen molar-refractivity contribution < 1.29 is 9.15 Å². The molecule has 1 aliphatic carbocycles. The summed E-state index contributed by atoms with van der Waals surface area (Å²) in [5, 5.41) is 6.79. The highest BCUT2D eigenvalue weighted by Crippen LogP contribution is 2.50. The molecule has 0 atom stereocenters. The standard InChI is InChI=1S/C24H28N4O2/c1-17-8-10-18(11-9-17)22-28-19(15-30-22)14-26-23(25-2)27-16-24(12-13-24)20-6-4-5-7-21(20)29-3/h4-11,15H,12-14,16H2,1-3H3,(H2,25,26,27). The Labute approximate surface area is 177 Å². The van der Waals surface area contributed by atoms with Crippen molar-refractivity contribution in [3.63, 3.8) is 0 Å². The first kappa shape index (κ1) is 20.0. The molecular formula is C24H28N4O2. The molecule has 30 heavy (non-hydrogen) atoms. The van der Waals surface area contributed by atoms with Gasteiger partial charge in [0.1, 0.15) is 12.0 Å². The molecular weight excluding hydrogens is 376 g/mol. The van der Waals surface area contributed by atoms with Gasteiger partial charge in [0.25, 0.3) is 0 Å². The van der Waals surface area contributed by atoms with Crippen LogP contribution >= 0.6 is 0 Å². The Hall–Kier alpha value is -3.28. The first-order chi connectivity index (χ1) is 14.6. The summed E-state index contributed by atoms with van der Waals surface area (Å²) < 4.78 is 11.2. The molecule has 3 aromatic rings. The molecule has 0 saturated heterocycles. The molecule has 0 spiro atoms. The maximum atomic E-state index is 5.64. The number of methoxy groups -OCH3 is 1. The van der Waals surface area contributed by atoms with Gasteiger partial charge in [-0.2, -0.15) is 0 Å². The van der Waals surface area contributed by atoms with Gasteiger partial charge in [-0.3, -0.25) is 4.99 Å². The zero-order chi connectivity index (χ0) is 21.0. The van der Waals surface area contributed by atoms with Crippen LogP contribution in [-0.4, -0.2) is 31.6 Å². The van der Waals surface area contributed by atoms with Gasteiger partial charge < -0.3 is 19.8 Å². The van der Waals surface area contributed by atoms with Gasteiger partial charge in [-0.15, -0.1) is 0 Å². The minimum atomic E-state index is 0.108. The number of aromatic nitrogens is 1. The Kier molecular flexibility index (Phi) is 5.74. The molecule has 4 rings (SSSR count). The molecule has 0 amide bonds. The van der Waals surface area contributed by atoms with Gasteiger partial charge in [0.15, 0.2) is 5.96 Å². The first-order valence-electron chi connectivity index (χ1n) is 10.2. The lowest BCUT2D eigenvalue weighted by Gasteiger charge is -2.21. The van der Waals surface area contributed by atoms with Gasteiger partial charge in [-0.05, 0) is 38.0 Å². The molecule has 0 aliphatic heterocycles. The SMILES string of the molecule is CN=C(NCc1coc(-c2ccc(C)cc2)n1)NCC1(c2ccccc2OC)CC1. The smallest absolute Gasteiger partial charge is 0.226 e. The highest BCUT2D eigenvalue weighted by atomic mass is 16.5. The van der Waals surface area contributed by atoms with Gasteiger partial charge in [0.05, 0.1) is 19.3 Å². The third-order valence-corrected chi connectivity index (χ3v) is 5.64. The van der Waals surface area contributed by atoms with E-state index in [4.69, 9.17) is 9.15 Å². The summed E-state index contributed by atoms with van der Waals surface area (Å²) in [6.07, 6.45) is 3.97. The molecule has 1 saturated carbocycles. The number of para-hydroxylation sites is 1. The Bertz CT molecular complexity index is 1020. The van der Waals surface area contributed by atoms with Crippen LogP contribution in [0.1, 0.15) is 29.7 Å². The zero-order valence-corrected chi connectivity index (χ0v) is 17.7. The van der Waals surface area contributed by atoms with Gasteiger partial charge >= 0.3 is 0 Å². The van der Waals surface area contributed by atoms with E-state index in [2.05, 4.69) is 51.8 Å². The summed E-state index contributed by atoms with van der Waals surface area (Å²) in [6.45, 7) is 3.41. The molecule has 6 heteroatoms. The molecule has 2 N–H and O–H groups in total. The number of ether oxygens (including phenoxy) is 1. The van der Waals surface area contributed by atoms with Crippen LogP contribution in [-0.2, 0) is 12.0 Å². The second kappa shape index (κ2) is 8.61. The predicted octanol–water partition coefficient (Wildman–Crippen LogP) is 4.06. The topological polar surface area (TPSA) is 71.7 Å². The van der Waals surface area contributed by atoms with Crippen LogP contribution in [0.2, 0.25) is 0 Å². The van der Waals surface area contributed by atoms with Crippen LogP contribution in [0.5, 0.6) is 5.75 Å². The van der Waals surface area contributed by atoms with E-state index in [1.54, 1.807) is 20.4 Å². The van der Waals surface area contributed by atoms with E-state index >= 15 is 0 Å². The normalized spacial score (nSPS) is 15.0. The summed E-state index contributed by atoms with van der Waals surface area (Å²) in [4.78, 5) is 8.93. The Morgan fingerprint density at radius 2 is 1.90 bits per heavy atom. The number of aliphatic imine (C=N–C) groups is 1. The average molecular weight is 405 g/mol. The van der Waals surface area contributed by atoms with E-state index in [0.717, 1.165) is 42.4 Å². The Morgan fingerprint density at radius 3 is 2.60 bits per heavy atom. The van der Waals surface area contributed by atoms with E-state index < -0.39 is 0 Å². The van der Waals surface area contributed by atoms with Crippen LogP contribution < -0.4 is 15.4 Å². The van der Waals surface area contributed by atoms with Crippen molar-refractivity contribution in [3.8, 4) is 17.2 Å². The highest BCUT2D eigenvalue weighted by molar-refractivity contribution is 5.79. The molecule has 0 radical (unpaired) electrons. The van der Waals surface area contributed by atoms with Gasteiger partial charge in [-0.1, -0.05) is 35.9 Å². The van der Waals surface area contributed by atoms with E-state index in [1.165, 1.54) is 11.1 Å². The van der Waals surface area contributed by atoms with Crippen molar-refractivity contribution >= 4 is 5.96 Å². The summed E-state index contributed by atoms with van der Waals surface area (Å²) in [6, 6.07) is 16.4. The number of hydrogen-bond acceptors (Lipinski definition) is 4. The second-order valence-electron chi connectivity index (χ2n) is 7.77. The number of nitrogens with zero attached hydrogens (tertiary/aromatic N) is 2. The largest absolute Gasteiger partial charge is 0.496 e. The number of guanidine groups is 1. The average Bonchev–Trinajstić information content (AvgIpc) is 3.43. The molecule has 6 nitrogen and oxygen atoms in total. The van der Waals surface area contributed by atoms with Crippen LogP contribution in [0, 0.1) is 6.92 Å². The Morgan fingerprint density at radius 1 is 1.13 bits per heavy atom. The lowest BCUT2D eigenvalue weighted by molar-refractivity contribution is 0.403. The number of aryl methyl sites for hydroxylation is 1. The lowest BCUT2D eigenvalue weighted by atomic mass is 9.95. The van der Waals surface area contributed by atoms with Crippen molar-refractivity contribution in [1.82, 2.24) is 15.6 Å². The number of benzene rings is 2. The van der Waals surface area contributed by atoms with Gasteiger partial charge in [0, 0.05) is 30.1 Å². The molecule has 0 unspecified atom stereocenters. The minimum absolute atomic E-state index is 0.108. The maximum Gasteiger partial charge on any atom is 0.226 e. The van der Waals surface area contributed by atoms with Crippen LogP contribution in [0.25, 0.3) is 11.5 Å². The maximum absolute atomic E-state index is 5.64. The summed E-state index contributed by atoms with van der Waals surface area (Å²) in [5.74, 6) is 2.32. The predicted molar refractivity (Wildman–Crippen MR) is 119 cm³/mol. The summed E-state index contributed by atoms with van der Waals surface area (Å²) >= 11 is 0. The number of rotatable bonds is 7. The highest BCUT2D eigenvalue weighted by Gasteiger charge is 2.46. The number of oxazole rings is 1. The van der Waals surface area contributed by atoms with Gasteiger partial charge in [-0.25, -0.2) is 4.98 Å². The molecule has 1 aromatic heterocycles. The van der Waals surface area contributed by atoms with Crippen LogP contribution in [0.3, 0.4) is 0 Å². The third kappa shape index (κ3) is 4.32. The fourth-order valence-electron chi connectivity index (χ4n) is 3.64. The zero-order valence-electron chi connectivity index (χ0n) is 17.7. The molecule has 1 heterocycles. The monoisotopic (exact) mass is 404 g/mol. The van der Waals surface area contributed by atoms with Gasteiger partial charge in [0.2, 0.25) is 5.89 Å². The first-order valence-corrected chi connectivity index (χ1v) is 10.2. The van der Waals surface area contributed by atoms with Crippen molar-refractivity contribution in [1.29, 1.82) is 0 Å². The molecule has 156 valence electrons. The molecule has 1 fully saturated rings. The van der Waals surface area contributed by atoms with E-state index in [9.17, 15) is 0 Å². The quantitative estimate of drug-likeness (QED) is 0.459. The summed E-state index contributed by atoms with van der Waals surface area (Å²) in [5.41, 5.74) is 4.39. The molecule has 0 bridgehead atoms. The summed E-state index contributed by atoms with van der Waals surface area (Å²) in [7, 11) is 3.50. The van der Waals surface area contributed by atoms with Crippen molar-refractivity contribution in [2.75, 3.05) is 20.7 Å². The molecule has 1 aliphatic rings. The van der Waals surface area contributed by atoms with E-state index in [1.807, 2.05) is 24.3 Å². The molecule has 2 aromatic carbocycles. The van der Waals surface area contributed by atoms with Crippen LogP contribution in [0.15, 0.2) is 64.2 Å². The second-order valence-corrected chi connectivity index (χ2v) is 7.77. The van der Waals surface area contributed by atoms with Crippen molar-refractivity contribution in [2.24, 2.45) is 4.99 Å². The fraction of sp³-hybridized carbons (Fsp3) is 0.333. The van der Waals surface area contributed by atoms with Crippen molar-refractivity contribution in [2.45, 2.75) is 31.7 Å². The van der Waals surface area contributed by atoms with E-state index in [-0.39, 0.29) is 5.41 Å². The Balaban J connectivity index is 1.34. The van der Waals surface area contributed by atoms with Crippen LogP contribution in [0.4, 0.5) is 0 Å². The van der Waals surface area contributed by atoms with E-state index in [0.29, 0.717) is 12.4 Å².